The van der Waals surface area contributed by atoms with Gasteiger partial charge in [-0.3, -0.25) is 4.79 Å². The first-order valence-corrected chi connectivity index (χ1v) is 9.11. The molecule has 1 fully saturated rings. The number of carbonyl (C=O) groups is 1. The van der Waals surface area contributed by atoms with Crippen LogP contribution < -0.4 is 10.2 Å². The van der Waals surface area contributed by atoms with Gasteiger partial charge in [-0.2, -0.15) is 0 Å². The zero-order chi connectivity index (χ0) is 20.2. The molecule has 1 saturated heterocycles. The van der Waals surface area contributed by atoms with Crippen molar-refractivity contribution in [2.45, 2.75) is 0 Å². The van der Waals surface area contributed by atoms with Crippen molar-refractivity contribution in [2.24, 2.45) is 0 Å². The largest absolute Gasteiger partial charge is 0.352 e. The van der Waals surface area contributed by atoms with Gasteiger partial charge in [0.2, 0.25) is 0 Å². The van der Waals surface area contributed by atoms with Crippen molar-refractivity contribution in [3.8, 4) is 0 Å². The number of rotatable bonds is 4. The van der Waals surface area contributed by atoms with E-state index in [2.05, 4.69) is 20.5 Å². The van der Waals surface area contributed by atoms with Gasteiger partial charge < -0.3 is 15.1 Å². The van der Waals surface area contributed by atoms with Crippen molar-refractivity contribution in [2.75, 3.05) is 36.4 Å². The van der Waals surface area contributed by atoms with Gasteiger partial charge >= 0.3 is 0 Å². The number of aromatic nitrogens is 3. The predicted molar refractivity (Wildman–Crippen MR) is 104 cm³/mol. The average Bonchev–Trinajstić information content (AvgIpc) is 2.75. The maximum atomic E-state index is 13.9. The van der Waals surface area contributed by atoms with Crippen LogP contribution in [0.15, 0.2) is 54.7 Å². The van der Waals surface area contributed by atoms with Crippen molar-refractivity contribution in [3.05, 3.63) is 71.9 Å². The lowest BCUT2D eigenvalue weighted by atomic mass is 10.1. The van der Waals surface area contributed by atoms with Crippen LogP contribution in [0.2, 0.25) is 0 Å². The fraction of sp³-hybridized carbons (Fsp3) is 0.200. The Morgan fingerprint density at radius 2 is 1.76 bits per heavy atom. The Kier molecular flexibility index (Phi) is 5.28. The smallest absolute Gasteiger partial charge is 0.256 e. The first-order chi connectivity index (χ1) is 14.1. The number of halogens is 2. The van der Waals surface area contributed by atoms with Gasteiger partial charge in [-0.1, -0.05) is 6.07 Å². The molecule has 0 spiro atoms. The second-order valence-electron chi connectivity index (χ2n) is 6.52. The summed E-state index contributed by atoms with van der Waals surface area (Å²) in [5, 5.41) is 11.5. The van der Waals surface area contributed by atoms with Crippen LogP contribution >= 0.6 is 0 Å². The van der Waals surface area contributed by atoms with Gasteiger partial charge in [0.05, 0.1) is 5.56 Å². The van der Waals surface area contributed by atoms with E-state index < -0.39 is 17.5 Å². The third-order valence-corrected chi connectivity index (χ3v) is 4.62. The van der Waals surface area contributed by atoms with Crippen LogP contribution in [-0.2, 0) is 0 Å². The second-order valence-corrected chi connectivity index (χ2v) is 6.52. The number of piperazine rings is 1. The van der Waals surface area contributed by atoms with Crippen LogP contribution in [0.1, 0.15) is 10.4 Å². The lowest BCUT2D eigenvalue weighted by molar-refractivity contribution is 0.0741. The van der Waals surface area contributed by atoms with Crippen molar-refractivity contribution < 1.29 is 13.6 Å². The first kappa shape index (κ1) is 18.7. The Morgan fingerprint density at radius 3 is 2.41 bits per heavy atom. The van der Waals surface area contributed by atoms with E-state index in [1.165, 1.54) is 6.07 Å². The van der Waals surface area contributed by atoms with Gasteiger partial charge in [0, 0.05) is 38.4 Å². The minimum Gasteiger partial charge on any atom is -0.352 e. The van der Waals surface area contributed by atoms with E-state index in [0.29, 0.717) is 43.6 Å². The molecule has 0 atom stereocenters. The molecule has 148 valence electrons. The van der Waals surface area contributed by atoms with Gasteiger partial charge in [-0.05, 0) is 36.4 Å². The average molecular weight is 396 g/mol. The minimum absolute atomic E-state index is 0.121. The SMILES string of the molecule is O=C(c1ccc(F)cc1F)N1CCN(c2ccc(Nc3ccccn3)nn2)CC1. The van der Waals surface area contributed by atoms with Crippen molar-refractivity contribution in [3.63, 3.8) is 0 Å². The summed E-state index contributed by atoms with van der Waals surface area (Å²) in [6.45, 7) is 1.89. The molecule has 4 rings (SSSR count). The summed E-state index contributed by atoms with van der Waals surface area (Å²) in [6.07, 6.45) is 1.68. The quantitative estimate of drug-likeness (QED) is 0.731. The number of nitrogens with one attached hydrogen (secondary N) is 1. The topological polar surface area (TPSA) is 74.2 Å². The van der Waals surface area contributed by atoms with E-state index in [9.17, 15) is 13.6 Å². The highest BCUT2D eigenvalue weighted by molar-refractivity contribution is 5.94. The highest BCUT2D eigenvalue weighted by Gasteiger charge is 2.25. The summed E-state index contributed by atoms with van der Waals surface area (Å²) >= 11 is 0. The summed E-state index contributed by atoms with van der Waals surface area (Å²) in [7, 11) is 0. The van der Waals surface area contributed by atoms with Gasteiger partial charge in [0.1, 0.15) is 17.5 Å². The highest BCUT2D eigenvalue weighted by Crippen LogP contribution is 2.18. The number of anilines is 3. The monoisotopic (exact) mass is 396 g/mol. The zero-order valence-corrected chi connectivity index (χ0v) is 15.4. The van der Waals surface area contributed by atoms with Crippen LogP contribution in [0.25, 0.3) is 0 Å². The lowest BCUT2D eigenvalue weighted by Gasteiger charge is -2.35. The summed E-state index contributed by atoms with van der Waals surface area (Å²) in [4.78, 5) is 20.2. The Morgan fingerprint density at radius 1 is 0.931 bits per heavy atom. The third-order valence-electron chi connectivity index (χ3n) is 4.62. The molecule has 0 saturated carbocycles. The first-order valence-electron chi connectivity index (χ1n) is 9.11. The molecule has 1 N–H and O–H groups in total. The van der Waals surface area contributed by atoms with Gasteiger partial charge in [-0.15, -0.1) is 10.2 Å². The zero-order valence-electron chi connectivity index (χ0n) is 15.4. The molecule has 3 heterocycles. The van der Waals surface area contributed by atoms with Crippen molar-refractivity contribution in [1.82, 2.24) is 20.1 Å². The molecular formula is C20H18F2N6O. The predicted octanol–water partition coefficient (Wildman–Crippen LogP) is 2.86. The molecule has 7 nitrogen and oxygen atoms in total. The maximum Gasteiger partial charge on any atom is 0.256 e. The van der Waals surface area contributed by atoms with E-state index in [4.69, 9.17) is 0 Å². The van der Waals surface area contributed by atoms with Crippen LogP contribution in [0.5, 0.6) is 0 Å². The van der Waals surface area contributed by atoms with Crippen LogP contribution in [0, 0.1) is 11.6 Å². The van der Waals surface area contributed by atoms with Gasteiger partial charge in [0.15, 0.2) is 11.6 Å². The molecule has 9 heteroatoms. The molecule has 1 aromatic carbocycles. The number of nitrogens with zero attached hydrogens (tertiary/aromatic N) is 5. The minimum atomic E-state index is -0.848. The highest BCUT2D eigenvalue weighted by atomic mass is 19.1. The fourth-order valence-corrected chi connectivity index (χ4v) is 3.10. The van der Waals surface area contributed by atoms with E-state index >= 15 is 0 Å². The molecule has 1 aliphatic rings. The van der Waals surface area contributed by atoms with Crippen molar-refractivity contribution in [1.29, 1.82) is 0 Å². The van der Waals surface area contributed by atoms with Crippen LogP contribution in [0.4, 0.5) is 26.2 Å². The van der Waals surface area contributed by atoms with Crippen molar-refractivity contribution >= 4 is 23.4 Å². The summed E-state index contributed by atoms with van der Waals surface area (Å²) in [6, 6.07) is 12.2. The van der Waals surface area contributed by atoms with E-state index in [1.807, 2.05) is 35.2 Å². The number of hydrogen-bond acceptors (Lipinski definition) is 6. The standard InChI is InChI=1S/C20H18F2N6O/c21-14-4-5-15(16(22)13-14)20(29)28-11-9-27(10-12-28)19-7-6-18(25-26-19)24-17-3-1-2-8-23-17/h1-8,13H,9-12H2,(H,23,24,25). The normalized spacial score (nSPS) is 14.0. The fourth-order valence-electron chi connectivity index (χ4n) is 3.10. The Labute approximate surface area is 166 Å². The maximum absolute atomic E-state index is 13.9. The number of benzene rings is 1. The van der Waals surface area contributed by atoms with E-state index in [0.717, 1.165) is 12.1 Å². The number of hydrogen-bond donors (Lipinski definition) is 1. The van der Waals surface area contributed by atoms with Crippen LogP contribution in [-0.4, -0.2) is 52.2 Å². The van der Waals surface area contributed by atoms with Gasteiger partial charge in [-0.25, -0.2) is 13.8 Å². The molecule has 0 aliphatic carbocycles. The lowest BCUT2D eigenvalue weighted by Crippen LogP contribution is -2.49. The number of pyridine rings is 1. The molecule has 0 bridgehead atoms. The molecule has 0 radical (unpaired) electrons. The summed E-state index contributed by atoms with van der Waals surface area (Å²) < 4.78 is 26.9. The number of carbonyl (C=O) groups excluding carboxylic acids is 1. The third kappa shape index (κ3) is 4.29. The Hall–Kier alpha value is -3.62. The molecule has 29 heavy (non-hydrogen) atoms. The second kappa shape index (κ2) is 8.17. The summed E-state index contributed by atoms with van der Waals surface area (Å²) in [5.74, 6) is -0.0507. The molecule has 0 unspecified atom stereocenters. The van der Waals surface area contributed by atoms with E-state index in [-0.39, 0.29) is 5.56 Å². The van der Waals surface area contributed by atoms with Crippen LogP contribution in [0.3, 0.4) is 0 Å². The molecule has 1 amide bonds. The molecular weight excluding hydrogens is 378 g/mol. The molecule has 2 aromatic heterocycles. The molecule has 1 aliphatic heterocycles. The summed E-state index contributed by atoms with van der Waals surface area (Å²) in [5.41, 5.74) is -0.121. The number of amides is 1. The molecule has 3 aromatic rings. The Bertz CT molecular complexity index is 992. The van der Waals surface area contributed by atoms with E-state index in [1.54, 1.807) is 11.1 Å². The Balaban J connectivity index is 1.36. The van der Waals surface area contributed by atoms with Gasteiger partial charge in [0.25, 0.3) is 5.91 Å².